The van der Waals surface area contributed by atoms with Crippen molar-refractivity contribution in [1.29, 1.82) is 0 Å². The number of nitrogens with one attached hydrogen (secondary N) is 1. The average Bonchev–Trinajstić information content (AvgIpc) is 2.81. The van der Waals surface area contributed by atoms with Crippen LogP contribution in [0.1, 0.15) is 27.2 Å². The van der Waals surface area contributed by atoms with Crippen LogP contribution in [0.4, 0.5) is 0 Å². The van der Waals surface area contributed by atoms with Crippen LogP contribution in [-0.4, -0.2) is 48.6 Å². The predicted molar refractivity (Wildman–Crippen MR) is 66.9 cm³/mol. The van der Waals surface area contributed by atoms with Crippen molar-refractivity contribution in [2.24, 2.45) is 11.8 Å². The quantitative estimate of drug-likeness (QED) is 0.793. The second kappa shape index (κ2) is 5.26. The molecule has 5 heteroatoms. The standard InChI is InChI=1S/C13H22N2O3/c1-8(2)11-13(17)15(9(3)12(16)14-11)6-10-4-5-18-7-10/h8-11H,4-7H2,1-3H3,(H,14,16). The molecule has 102 valence electrons. The van der Waals surface area contributed by atoms with Crippen LogP contribution in [0.25, 0.3) is 0 Å². The lowest BCUT2D eigenvalue weighted by Crippen LogP contribution is -2.64. The molecule has 2 rings (SSSR count). The van der Waals surface area contributed by atoms with Gasteiger partial charge in [-0.3, -0.25) is 9.59 Å². The van der Waals surface area contributed by atoms with Gasteiger partial charge in [0.1, 0.15) is 12.1 Å². The summed E-state index contributed by atoms with van der Waals surface area (Å²) >= 11 is 0. The first-order valence-corrected chi connectivity index (χ1v) is 6.69. The third-order valence-electron chi connectivity index (χ3n) is 3.84. The van der Waals surface area contributed by atoms with Gasteiger partial charge in [-0.2, -0.15) is 0 Å². The Morgan fingerprint density at radius 3 is 2.72 bits per heavy atom. The molecule has 2 heterocycles. The molecular weight excluding hydrogens is 232 g/mol. The van der Waals surface area contributed by atoms with Crippen molar-refractivity contribution in [2.75, 3.05) is 19.8 Å². The number of hydrogen-bond donors (Lipinski definition) is 1. The van der Waals surface area contributed by atoms with Crippen LogP contribution in [0.2, 0.25) is 0 Å². The van der Waals surface area contributed by atoms with Crippen molar-refractivity contribution in [3.63, 3.8) is 0 Å². The topological polar surface area (TPSA) is 58.6 Å². The van der Waals surface area contributed by atoms with E-state index in [0.717, 1.165) is 13.0 Å². The molecule has 0 saturated carbocycles. The summed E-state index contributed by atoms with van der Waals surface area (Å²) in [7, 11) is 0. The van der Waals surface area contributed by atoms with E-state index in [-0.39, 0.29) is 29.8 Å². The minimum absolute atomic E-state index is 0.0454. The van der Waals surface area contributed by atoms with Crippen molar-refractivity contribution in [3.05, 3.63) is 0 Å². The molecule has 0 aromatic carbocycles. The van der Waals surface area contributed by atoms with E-state index in [9.17, 15) is 9.59 Å². The van der Waals surface area contributed by atoms with E-state index in [1.54, 1.807) is 11.8 Å². The van der Waals surface area contributed by atoms with Crippen LogP contribution >= 0.6 is 0 Å². The second-order valence-electron chi connectivity index (χ2n) is 5.63. The van der Waals surface area contributed by atoms with Crippen LogP contribution in [-0.2, 0) is 14.3 Å². The Kier molecular flexibility index (Phi) is 3.90. The van der Waals surface area contributed by atoms with Gasteiger partial charge in [0.25, 0.3) is 0 Å². The maximum atomic E-state index is 12.4. The molecule has 18 heavy (non-hydrogen) atoms. The number of piperazine rings is 1. The van der Waals surface area contributed by atoms with Gasteiger partial charge in [-0.15, -0.1) is 0 Å². The highest BCUT2D eigenvalue weighted by Crippen LogP contribution is 2.20. The lowest BCUT2D eigenvalue weighted by atomic mass is 9.97. The highest BCUT2D eigenvalue weighted by Gasteiger charge is 2.40. The largest absolute Gasteiger partial charge is 0.381 e. The second-order valence-corrected chi connectivity index (χ2v) is 5.63. The van der Waals surface area contributed by atoms with E-state index >= 15 is 0 Å². The zero-order chi connectivity index (χ0) is 13.3. The maximum absolute atomic E-state index is 12.4. The first-order chi connectivity index (χ1) is 8.50. The Balaban J connectivity index is 2.08. The predicted octanol–water partition coefficient (Wildman–Crippen LogP) is 0.394. The number of carbonyl (C=O) groups excluding carboxylic acids is 2. The summed E-state index contributed by atoms with van der Waals surface area (Å²) in [5.74, 6) is 0.489. The fourth-order valence-electron chi connectivity index (χ4n) is 2.55. The molecule has 0 radical (unpaired) electrons. The summed E-state index contributed by atoms with van der Waals surface area (Å²) < 4.78 is 5.33. The lowest BCUT2D eigenvalue weighted by Gasteiger charge is -2.39. The molecule has 0 aromatic rings. The first-order valence-electron chi connectivity index (χ1n) is 6.69. The summed E-state index contributed by atoms with van der Waals surface area (Å²) in [6.45, 7) is 7.80. The van der Waals surface area contributed by atoms with Gasteiger partial charge in [0, 0.05) is 19.1 Å². The van der Waals surface area contributed by atoms with E-state index in [1.165, 1.54) is 0 Å². The van der Waals surface area contributed by atoms with Gasteiger partial charge in [-0.25, -0.2) is 0 Å². The highest BCUT2D eigenvalue weighted by atomic mass is 16.5. The monoisotopic (exact) mass is 254 g/mol. The van der Waals surface area contributed by atoms with Crippen LogP contribution in [0, 0.1) is 11.8 Å². The molecule has 0 aromatic heterocycles. The van der Waals surface area contributed by atoms with Crippen LogP contribution in [0.15, 0.2) is 0 Å². The molecule has 2 amide bonds. The molecule has 3 unspecified atom stereocenters. The Bertz CT molecular complexity index is 337. The van der Waals surface area contributed by atoms with Gasteiger partial charge in [-0.1, -0.05) is 13.8 Å². The van der Waals surface area contributed by atoms with Crippen LogP contribution < -0.4 is 5.32 Å². The molecule has 1 N–H and O–H groups in total. The molecule has 2 aliphatic heterocycles. The first kappa shape index (κ1) is 13.3. The fraction of sp³-hybridized carbons (Fsp3) is 0.846. The molecule has 3 atom stereocenters. The van der Waals surface area contributed by atoms with Gasteiger partial charge >= 0.3 is 0 Å². The Labute approximate surface area is 108 Å². The molecule has 5 nitrogen and oxygen atoms in total. The van der Waals surface area contributed by atoms with Crippen molar-refractivity contribution < 1.29 is 14.3 Å². The van der Waals surface area contributed by atoms with Gasteiger partial charge in [0.05, 0.1) is 6.61 Å². The minimum Gasteiger partial charge on any atom is -0.381 e. The summed E-state index contributed by atoms with van der Waals surface area (Å²) in [6, 6.07) is -0.746. The number of carbonyl (C=O) groups is 2. The van der Waals surface area contributed by atoms with Crippen LogP contribution in [0.3, 0.4) is 0 Å². The summed E-state index contributed by atoms with van der Waals surface area (Å²) in [5, 5.41) is 2.81. The molecule has 0 bridgehead atoms. The lowest BCUT2D eigenvalue weighted by molar-refractivity contribution is -0.150. The van der Waals surface area contributed by atoms with E-state index < -0.39 is 0 Å². The van der Waals surface area contributed by atoms with Crippen LogP contribution in [0.5, 0.6) is 0 Å². The number of rotatable bonds is 3. The van der Waals surface area contributed by atoms with Gasteiger partial charge < -0.3 is 15.0 Å². The van der Waals surface area contributed by atoms with Crippen molar-refractivity contribution in [2.45, 2.75) is 39.3 Å². The molecule has 2 saturated heterocycles. The van der Waals surface area contributed by atoms with Gasteiger partial charge in [0.15, 0.2) is 0 Å². The number of hydrogen-bond acceptors (Lipinski definition) is 3. The normalized spacial score (nSPS) is 33.1. The third-order valence-corrected chi connectivity index (χ3v) is 3.84. The number of ether oxygens (including phenoxy) is 1. The van der Waals surface area contributed by atoms with E-state index in [0.29, 0.717) is 19.1 Å². The maximum Gasteiger partial charge on any atom is 0.246 e. The summed E-state index contributed by atoms with van der Waals surface area (Å²) in [6.07, 6.45) is 0.977. The SMILES string of the molecule is CC(C)C1NC(=O)C(C)N(CC2CCOC2)C1=O. The van der Waals surface area contributed by atoms with Crippen molar-refractivity contribution in [1.82, 2.24) is 10.2 Å². The third kappa shape index (κ3) is 2.51. The van der Waals surface area contributed by atoms with E-state index in [1.807, 2.05) is 13.8 Å². The van der Waals surface area contributed by atoms with Crippen molar-refractivity contribution >= 4 is 11.8 Å². The van der Waals surface area contributed by atoms with Gasteiger partial charge in [-0.05, 0) is 19.3 Å². The summed E-state index contributed by atoms with van der Waals surface area (Å²) in [4.78, 5) is 26.0. The molecular formula is C13H22N2O3. The zero-order valence-electron chi connectivity index (χ0n) is 11.3. The Hall–Kier alpha value is -1.10. The molecule has 0 aliphatic carbocycles. The molecule has 0 spiro atoms. The van der Waals surface area contributed by atoms with E-state index in [4.69, 9.17) is 4.74 Å². The van der Waals surface area contributed by atoms with Crippen molar-refractivity contribution in [3.8, 4) is 0 Å². The fourth-order valence-corrected chi connectivity index (χ4v) is 2.55. The Morgan fingerprint density at radius 1 is 1.44 bits per heavy atom. The zero-order valence-corrected chi connectivity index (χ0v) is 11.3. The number of nitrogens with zero attached hydrogens (tertiary/aromatic N) is 1. The highest BCUT2D eigenvalue weighted by molar-refractivity contribution is 5.96. The van der Waals surface area contributed by atoms with Gasteiger partial charge in [0.2, 0.25) is 11.8 Å². The number of amides is 2. The summed E-state index contributed by atoms with van der Waals surface area (Å²) in [5.41, 5.74) is 0. The average molecular weight is 254 g/mol. The molecule has 2 aliphatic rings. The minimum atomic E-state index is -0.379. The Morgan fingerprint density at radius 2 is 2.17 bits per heavy atom. The molecule has 2 fully saturated rings. The van der Waals surface area contributed by atoms with E-state index in [2.05, 4.69) is 5.32 Å². The smallest absolute Gasteiger partial charge is 0.246 e.